The van der Waals surface area contributed by atoms with E-state index in [-0.39, 0.29) is 5.91 Å². The van der Waals surface area contributed by atoms with E-state index in [9.17, 15) is 4.79 Å². The SMILES string of the molecule is Cc1ccc(Br)cc1C(=O)N(Cc1cccs1)C1CC1. The van der Waals surface area contributed by atoms with Crippen molar-refractivity contribution in [2.24, 2.45) is 0 Å². The lowest BCUT2D eigenvalue weighted by atomic mass is 10.1. The summed E-state index contributed by atoms with van der Waals surface area (Å²) >= 11 is 5.17. The molecule has 1 aliphatic rings. The molecule has 2 aromatic rings. The lowest BCUT2D eigenvalue weighted by Gasteiger charge is -2.23. The smallest absolute Gasteiger partial charge is 0.254 e. The van der Waals surface area contributed by atoms with Gasteiger partial charge in [0.15, 0.2) is 0 Å². The van der Waals surface area contributed by atoms with Gasteiger partial charge in [-0.15, -0.1) is 11.3 Å². The van der Waals surface area contributed by atoms with Gasteiger partial charge in [-0.3, -0.25) is 4.79 Å². The Morgan fingerprint density at radius 3 is 2.85 bits per heavy atom. The predicted octanol–water partition coefficient (Wildman–Crippen LogP) is 4.62. The summed E-state index contributed by atoms with van der Waals surface area (Å²) in [5.74, 6) is 0.153. The summed E-state index contributed by atoms with van der Waals surface area (Å²) < 4.78 is 0.957. The van der Waals surface area contributed by atoms with Crippen molar-refractivity contribution in [2.75, 3.05) is 0 Å². The number of benzene rings is 1. The Balaban J connectivity index is 1.87. The maximum Gasteiger partial charge on any atom is 0.254 e. The summed E-state index contributed by atoms with van der Waals surface area (Å²) in [5.41, 5.74) is 1.85. The number of hydrogen-bond donors (Lipinski definition) is 0. The second-order valence-electron chi connectivity index (χ2n) is 5.20. The van der Waals surface area contributed by atoms with Crippen LogP contribution in [0.25, 0.3) is 0 Å². The fourth-order valence-electron chi connectivity index (χ4n) is 2.30. The van der Waals surface area contributed by atoms with Crippen LogP contribution in [0.4, 0.5) is 0 Å². The van der Waals surface area contributed by atoms with E-state index in [1.807, 2.05) is 36.1 Å². The van der Waals surface area contributed by atoms with Crippen LogP contribution in [0, 0.1) is 6.92 Å². The minimum absolute atomic E-state index is 0.153. The summed E-state index contributed by atoms with van der Waals surface area (Å²) in [6.45, 7) is 2.73. The second kappa shape index (κ2) is 5.70. The van der Waals surface area contributed by atoms with Crippen molar-refractivity contribution in [1.82, 2.24) is 4.90 Å². The van der Waals surface area contributed by atoms with Crippen LogP contribution in [0.3, 0.4) is 0 Å². The number of thiophene rings is 1. The first-order chi connectivity index (χ1) is 9.65. The van der Waals surface area contributed by atoms with Crippen LogP contribution < -0.4 is 0 Å². The normalized spacial score (nSPS) is 14.3. The first-order valence-electron chi connectivity index (χ1n) is 6.74. The molecule has 104 valence electrons. The zero-order chi connectivity index (χ0) is 14.1. The van der Waals surface area contributed by atoms with Crippen LogP contribution in [0.5, 0.6) is 0 Å². The summed E-state index contributed by atoms with van der Waals surface area (Å²) in [7, 11) is 0. The Bertz CT molecular complexity index is 619. The molecule has 4 heteroatoms. The van der Waals surface area contributed by atoms with Gasteiger partial charge in [-0.2, -0.15) is 0 Å². The molecule has 0 N–H and O–H groups in total. The van der Waals surface area contributed by atoms with Crippen molar-refractivity contribution >= 4 is 33.2 Å². The fourth-order valence-corrected chi connectivity index (χ4v) is 3.37. The summed E-state index contributed by atoms with van der Waals surface area (Å²) in [6, 6.07) is 10.5. The second-order valence-corrected chi connectivity index (χ2v) is 7.15. The third-order valence-corrected chi connectivity index (χ3v) is 4.94. The Labute approximate surface area is 131 Å². The third kappa shape index (κ3) is 2.96. The summed E-state index contributed by atoms with van der Waals surface area (Å²) in [5, 5.41) is 2.06. The highest BCUT2D eigenvalue weighted by Crippen LogP contribution is 2.31. The van der Waals surface area contributed by atoms with Gasteiger partial charge in [-0.25, -0.2) is 0 Å². The number of aryl methyl sites for hydroxylation is 1. The van der Waals surface area contributed by atoms with E-state index in [0.29, 0.717) is 6.04 Å². The molecule has 0 spiro atoms. The van der Waals surface area contributed by atoms with Gasteiger partial charge in [0.2, 0.25) is 0 Å². The monoisotopic (exact) mass is 349 g/mol. The van der Waals surface area contributed by atoms with Crippen LogP contribution in [0.2, 0.25) is 0 Å². The van der Waals surface area contributed by atoms with Crippen molar-refractivity contribution < 1.29 is 4.79 Å². The Hall–Kier alpha value is -1.13. The molecule has 0 unspecified atom stereocenters. The molecule has 0 saturated heterocycles. The molecule has 1 aliphatic carbocycles. The largest absolute Gasteiger partial charge is 0.331 e. The molecule has 1 aromatic carbocycles. The molecule has 1 fully saturated rings. The quantitative estimate of drug-likeness (QED) is 0.788. The van der Waals surface area contributed by atoms with Crippen molar-refractivity contribution in [2.45, 2.75) is 32.4 Å². The number of amides is 1. The van der Waals surface area contributed by atoms with E-state index in [1.165, 1.54) is 4.88 Å². The first-order valence-corrected chi connectivity index (χ1v) is 8.42. The van der Waals surface area contributed by atoms with E-state index in [0.717, 1.165) is 35.0 Å². The molecular weight excluding hydrogens is 334 g/mol. The van der Waals surface area contributed by atoms with Gasteiger partial charge in [0, 0.05) is 21.0 Å². The lowest BCUT2D eigenvalue weighted by molar-refractivity contribution is 0.0731. The minimum Gasteiger partial charge on any atom is -0.331 e. The molecule has 0 bridgehead atoms. The van der Waals surface area contributed by atoms with E-state index >= 15 is 0 Å². The van der Waals surface area contributed by atoms with E-state index in [1.54, 1.807) is 11.3 Å². The number of carbonyl (C=O) groups is 1. The van der Waals surface area contributed by atoms with Crippen molar-refractivity contribution in [1.29, 1.82) is 0 Å². The lowest BCUT2D eigenvalue weighted by Crippen LogP contribution is -2.32. The predicted molar refractivity (Wildman–Crippen MR) is 86.1 cm³/mol. The fraction of sp³-hybridized carbons (Fsp3) is 0.312. The van der Waals surface area contributed by atoms with Gasteiger partial charge >= 0.3 is 0 Å². The van der Waals surface area contributed by atoms with Crippen molar-refractivity contribution in [3.63, 3.8) is 0 Å². The zero-order valence-electron chi connectivity index (χ0n) is 11.3. The molecule has 1 saturated carbocycles. The van der Waals surface area contributed by atoms with Gasteiger partial charge in [-0.05, 0) is 48.9 Å². The number of halogens is 1. The molecule has 0 aliphatic heterocycles. The van der Waals surface area contributed by atoms with Crippen molar-refractivity contribution in [3.05, 3.63) is 56.2 Å². The zero-order valence-corrected chi connectivity index (χ0v) is 13.7. The van der Waals surface area contributed by atoms with Crippen LogP contribution in [0.15, 0.2) is 40.2 Å². The third-order valence-electron chi connectivity index (χ3n) is 3.58. The maximum absolute atomic E-state index is 12.8. The Kier molecular flexibility index (Phi) is 3.94. The number of rotatable bonds is 4. The summed E-state index contributed by atoms with van der Waals surface area (Å²) in [4.78, 5) is 16.1. The highest BCUT2D eigenvalue weighted by atomic mass is 79.9. The van der Waals surface area contributed by atoms with Gasteiger partial charge in [-0.1, -0.05) is 28.1 Å². The Morgan fingerprint density at radius 2 is 2.20 bits per heavy atom. The van der Waals surface area contributed by atoms with Gasteiger partial charge in [0.25, 0.3) is 5.91 Å². The molecule has 3 rings (SSSR count). The van der Waals surface area contributed by atoms with E-state index in [4.69, 9.17) is 0 Å². The summed E-state index contributed by atoms with van der Waals surface area (Å²) in [6.07, 6.45) is 2.26. The average Bonchev–Trinajstić information content (AvgIpc) is 3.15. The maximum atomic E-state index is 12.8. The highest BCUT2D eigenvalue weighted by Gasteiger charge is 2.33. The molecule has 1 aromatic heterocycles. The Morgan fingerprint density at radius 1 is 1.40 bits per heavy atom. The minimum atomic E-state index is 0.153. The highest BCUT2D eigenvalue weighted by molar-refractivity contribution is 9.10. The van der Waals surface area contributed by atoms with Gasteiger partial charge < -0.3 is 4.90 Å². The number of hydrogen-bond acceptors (Lipinski definition) is 2. The molecule has 0 atom stereocenters. The van der Waals surface area contributed by atoms with E-state index in [2.05, 4.69) is 27.4 Å². The number of nitrogens with zero attached hydrogens (tertiary/aromatic N) is 1. The molecule has 20 heavy (non-hydrogen) atoms. The molecular formula is C16H16BrNOS. The molecule has 1 heterocycles. The van der Waals surface area contributed by atoms with Gasteiger partial charge in [0.1, 0.15) is 0 Å². The van der Waals surface area contributed by atoms with Crippen molar-refractivity contribution in [3.8, 4) is 0 Å². The molecule has 1 amide bonds. The van der Waals surface area contributed by atoms with Crippen LogP contribution in [-0.2, 0) is 6.54 Å². The first kappa shape index (κ1) is 13.8. The topological polar surface area (TPSA) is 20.3 Å². The van der Waals surface area contributed by atoms with Crippen LogP contribution in [0.1, 0.15) is 33.6 Å². The molecule has 0 radical (unpaired) electrons. The standard InChI is InChI=1S/C16H16BrNOS/c1-11-4-5-12(17)9-15(11)16(19)18(13-6-7-13)10-14-3-2-8-20-14/h2-5,8-9,13H,6-7,10H2,1H3. The molecule has 2 nitrogen and oxygen atoms in total. The number of carbonyl (C=O) groups excluding carboxylic acids is 1. The van der Waals surface area contributed by atoms with Gasteiger partial charge in [0.05, 0.1) is 6.54 Å². The van der Waals surface area contributed by atoms with E-state index < -0.39 is 0 Å². The average molecular weight is 350 g/mol. The van der Waals surface area contributed by atoms with Crippen LogP contribution in [-0.4, -0.2) is 16.8 Å². The van der Waals surface area contributed by atoms with Crippen LogP contribution >= 0.6 is 27.3 Å².